The van der Waals surface area contributed by atoms with E-state index in [1.807, 2.05) is 6.92 Å². The van der Waals surface area contributed by atoms with Crippen molar-refractivity contribution in [3.63, 3.8) is 0 Å². The van der Waals surface area contributed by atoms with Gasteiger partial charge in [0.25, 0.3) is 5.56 Å². The first-order valence-corrected chi connectivity index (χ1v) is 5.95. The van der Waals surface area contributed by atoms with Gasteiger partial charge in [-0.1, -0.05) is 6.92 Å². The van der Waals surface area contributed by atoms with Crippen LogP contribution in [0.3, 0.4) is 0 Å². The van der Waals surface area contributed by atoms with Gasteiger partial charge in [0, 0.05) is 22.9 Å². The molecule has 0 aliphatic heterocycles. The van der Waals surface area contributed by atoms with Crippen molar-refractivity contribution in [2.75, 3.05) is 11.6 Å². The largest absolute Gasteiger partial charge is 0.399 e. The highest BCUT2D eigenvalue weighted by atomic mass is 16.1. The first kappa shape index (κ1) is 12.9. The molecule has 1 aromatic heterocycles. The van der Waals surface area contributed by atoms with Gasteiger partial charge in [0.15, 0.2) is 5.78 Å². The molecule has 1 aromatic carbocycles. The molecule has 0 spiro atoms. The van der Waals surface area contributed by atoms with Gasteiger partial charge >= 0.3 is 0 Å². The number of anilines is 1. The number of carbonyl (C=O) groups excluding carboxylic acids is 1. The Labute approximate surface area is 110 Å². The average Bonchev–Trinajstić information content (AvgIpc) is 2.41. The van der Waals surface area contributed by atoms with Gasteiger partial charge in [-0.15, -0.1) is 0 Å². The third-order valence-electron chi connectivity index (χ3n) is 2.98. The Morgan fingerprint density at radius 2 is 1.79 bits per heavy atom. The highest BCUT2D eigenvalue weighted by Gasteiger charge is 2.15. The molecular weight excluding hydrogens is 242 g/mol. The number of hydrogen-bond acceptors (Lipinski definition) is 4. The number of carbonyl (C=O) groups is 1. The lowest BCUT2D eigenvalue weighted by atomic mass is 10.0. The number of ketones is 1. The van der Waals surface area contributed by atoms with Crippen molar-refractivity contribution in [2.24, 2.45) is 0 Å². The van der Waals surface area contributed by atoms with Crippen LogP contribution in [0.25, 0.3) is 0 Å². The summed E-state index contributed by atoms with van der Waals surface area (Å²) in [7, 11) is 0. The Kier molecular flexibility index (Phi) is 3.37. The van der Waals surface area contributed by atoms with Gasteiger partial charge in [-0.25, -0.2) is 4.68 Å². The highest BCUT2D eigenvalue weighted by molar-refractivity contribution is 6.09. The molecule has 0 radical (unpaired) electrons. The number of nitrogens with zero attached hydrogens (tertiary/aromatic N) is 1. The van der Waals surface area contributed by atoms with Crippen molar-refractivity contribution in [1.82, 2.24) is 4.68 Å². The average molecular weight is 257 g/mol. The van der Waals surface area contributed by atoms with Gasteiger partial charge in [-0.3, -0.25) is 9.59 Å². The number of aromatic nitrogens is 1. The molecule has 0 fully saturated rings. The molecule has 1 heterocycles. The molecule has 0 amide bonds. The van der Waals surface area contributed by atoms with Crippen LogP contribution in [-0.2, 0) is 6.42 Å². The van der Waals surface area contributed by atoms with Crippen LogP contribution in [0.15, 0.2) is 41.2 Å². The van der Waals surface area contributed by atoms with Crippen LogP contribution >= 0.6 is 0 Å². The molecular formula is C14H15N3O2. The fourth-order valence-corrected chi connectivity index (χ4v) is 1.95. The molecule has 19 heavy (non-hydrogen) atoms. The van der Waals surface area contributed by atoms with E-state index in [0.717, 1.165) is 4.68 Å². The van der Waals surface area contributed by atoms with Gasteiger partial charge < -0.3 is 11.6 Å². The standard InChI is InChI=1S/C14H15N3O2/c1-2-12-11(7-8-13(18)17(12)16)14(19)9-3-5-10(15)6-4-9/h3-8H,2,15-16H2,1H3. The van der Waals surface area contributed by atoms with Gasteiger partial charge in [0.2, 0.25) is 0 Å². The molecule has 0 atom stereocenters. The van der Waals surface area contributed by atoms with E-state index in [2.05, 4.69) is 0 Å². The van der Waals surface area contributed by atoms with Crippen molar-refractivity contribution in [3.05, 3.63) is 63.6 Å². The molecule has 0 saturated heterocycles. The summed E-state index contributed by atoms with van der Waals surface area (Å²) in [6.45, 7) is 1.85. The highest BCUT2D eigenvalue weighted by Crippen LogP contribution is 2.14. The maximum atomic E-state index is 12.4. The molecule has 5 heteroatoms. The fourth-order valence-electron chi connectivity index (χ4n) is 1.95. The van der Waals surface area contributed by atoms with Crippen LogP contribution in [0.2, 0.25) is 0 Å². The van der Waals surface area contributed by atoms with E-state index < -0.39 is 0 Å². The third-order valence-corrected chi connectivity index (χ3v) is 2.98. The zero-order valence-corrected chi connectivity index (χ0v) is 10.6. The van der Waals surface area contributed by atoms with Crippen LogP contribution in [0.1, 0.15) is 28.5 Å². The summed E-state index contributed by atoms with van der Waals surface area (Å²) in [5.41, 5.74) is 7.33. The number of benzene rings is 1. The Hall–Kier alpha value is -2.56. The summed E-state index contributed by atoms with van der Waals surface area (Å²) in [6, 6.07) is 9.45. The van der Waals surface area contributed by atoms with E-state index in [1.54, 1.807) is 24.3 Å². The normalized spacial score (nSPS) is 10.4. The minimum absolute atomic E-state index is 0.170. The van der Waals surface area contributed by atoms with E-state index in [-0.39, 0.29) is 11.3 Å². The topological polar surface area (TPSA) is 91.1 Å². The second kappa shape index (κ2) is 4.97. The van der Waals surface area contributed by atoms with Crippen molar-refractivity contribution in [1.29, 1.82) is 0 Å². The number of pyridine rings is 1. The third kappa shape index (κ3) is 2.35. The predicted molar refractivity (Wildman–Crippen MR) is 74.5 cm³/mol. The Morgan fingerprint density at radius 1 is 1.16 bits per heavy atom. The van der Waals surface area contributed by atoms with Gasteiger partial charge in [0.1, 0.15) is 0 Å². The Bertz CT molecular complexity index is 672. The molecule has 2 rings (SSSR count). The molecule has 0 aliphatic rings. The quantitative estimate of drug-likeness (QED) is 0.486. The summed E-state index contributed by atoms with van der Waals surface area (Å²) >= 11 is 0. The summed E-state index contributed by atoms with van der Waals surface area (Å²) in [6.07, 6.45) is 0.503. The lowest BCUT2D eigenvalue weighted by Crippen LogP contribution is -2.31. The van der Waals surface area contributed by atoms with E-state index in [0.29, 0.717) is 28.9 Å². The molecule has 98 valence electrons. The predicted octanol–water partition coefficient (Wildman–Crippen LogP) is 0.938. The second-order valence-corrected chi connectivity index (χ2v) is 4.21. The first-order chi connectivity index (χ1) is 9.04. The molecule has 0 bridgehead atoms. The SMILES string of the molecule is CCc1c(C(=O)c2ccc(N)cc2)ccc(=O)n1N. The van der Waals surface area contributed by atoms with Crippen LogP contribution in [0.4, 0.5) is 5.69 Å². The summed E-state index contributed by atoms with van der Waals surface area (Å²) in [5.74, 6) is 5.50. The summed E-state index contributed by atoms with van der Waals surface area (Å²) in [4.78, 5) is 23.9. The van der Waals surface area contributed by atoms with Crippen molar-refractivity contribution < 1.29 is 4.79 Å². The zero-order valence-electron chi connectivity index (χ0n) is 10.6. The number of nitrogen functional groups attached to an aromatic ring is 2. The second-order valence-electron chi connectivity index (χ2n) is 4.21. The number of hydrogen-bond donors (Lipinski definition) is 2. The van der Waals surface area contributed by atoms with Crippen LogP contribution in [-0.4, -0.2) is 10.5 Å². The minimum Gasteiger partial charge on any atom is -0.399 e. The van der Waals surface area contributed by atoms with E-state index in [9.17, 15) is 9.59 Å². The van der Waals surface area contributed by atoms with Gasteiger partial charge in [-0.2, -0.15) is 0 Å². The van der Waals surface area contributed by atoms with Crippen LogP contribution < -0.4 is 17.1 Å². The maximum absolute atomic E-state index is 12.4. The van der Waals surface area contributed by atoms with E-state index >= 15 is 0 Å². The van der Waals surface area contributed by atoms with Crippen molar-refractivity contribution in [2.45, 2.75) is 13.3 Å². The number of nitrogens with two attached hydrogens (primary N) is 2. The Morgan fingerprint density at radius 3 is 2.37 bits per heavy atom. The first-order valence-electron chi connectivity index (χ1n) is 5.95. The van der Waals surface area contributed by atoms with E-state index in [1.165, 1.54) is 12.1 Å². The number of rotatable bonds is 3. The minimum atomic E-state index is -0.328. The van der Waals surface area contributed by atoms with Crippen molar-refractivity contribution >= 4 is 11.5 Å². The van der Waals surface area contributed by atoms with Crippen molar-refractivity contribution in [3.8, 4) is 0 Å². The van der Waals surface area contributed by atoms with Gasteiger partial charge in [0.05, 0.1) is 5.69 Å². The van der Waals surface area contributed by atoms with E-state index in [4.69, 9.17) is 11.6 Å². The smallest absolute Gasteiger partial charge is 0.268 e. The molecule has 0 unspecified atom stereocenters. The van der Waals surface area contributed by atoms with Gasteiger partial charge in [-0.05, 0) is 36.8 Å². The maximum Gasteiger partial charge on any atom is 0.268 e. The molecule has 2 aromatic rings. The molecule has 5 nitrogen and oxygen atoms in total. The fraction of sp³-hybridized carbons (Fsp3) is 0.143. The monoisotopic (exact) mass is 257 g/mol. The molecule has 0 saturated carbocycles. The molecule has 4 N–H and O–H groups in total. The lowest BCUT2D eigenvalue weighted by molar-refractivity contribution is 0.103. The summed E-state index contributed by atoms with van der Waals surface area (Å²) in [5, 5.41) is 0. The Balaban J connectivity index is 2.53. The molecule has 0 aliphatic carbocycles. The van der Waals surface area contributed by atoms with Crippen LogP contribution in [0, 0.1) is 0 Å². The van der Waals surface area contributed by atoms with Crippen LogP contribution in [0.5, 0.6) is 0 Å². The lowest BCUT2D eigenvalue weighted by Gasteiger charge is -2.11. The zero-order chi connectivity index (χ0) is 14.0. The summed E-state index contributed by atoms with van der Waals surface area (Å²) < 4.78 is 1.02.